The molecule has 2 N–H and O–H groups in total. The number of unbranched alkanes of at least 4 members (excludes halogenated alkanes) is 2. The van der Waals surface area contributed by atoms with Crippen molar-refractivity contribution in [3.05, 3.63) is 0 Å². The molecule has 0 radical (unpaired) electrons. The zero-order valence-corrected chi connectivity index (χ0v) is 10.1. The minimum atomic E-state index is -0.0931. The summed E-state index contributed by atoms with van der Waals surface area (Å²) >= 11 is 0. The van der Waals surface area contributed by atoms with Crippen LogP contribution in [0.2, 0.25) is 0 Å². The van der Waals surface area contributed by atoms with Crippen molar-refractivity contribution in [1.29, 1.82) is 0 Å². The Bertz CT molecular complexity index is 214. The summed E-state index contributed by atoms with van der Waals surface area (Å²) < 4.78 is 4.84. The van der Waals surface area contributed by atoms with Crippen LogP contribution in [-0.4, -0.2) is 36.4 Å². The van der Waals surface area contributed by atoms with Gasteiger partial charge in [-0.3, -0.25) is 4.79 Å². The summed E-state index contributed by atoms with van der Waals surface area (Å²) in [6.07, 6.45) is 5.69. The fourth-order valence-electron chi connectivity index (χ4n) is 1.70. The number of aliphatic hydroxyl groups is 1. The molecule has 1 rings (SSSR count). The van der Waals surface area contributed by atoms with Gasteiger partial charge in [-0.2, -0.15) is 0 Å². The Kier molecular flexibility index (Phi) is 5.77. The molecule has 0 heterocycles. The van der Waals surface area contributed by atoms with E-state index in [9.17, 15) is 4.79 Å². The summed E-state index contributed by atoms with van der Waals surface area (Å²) in [5.41, 5.74) is 0.0428. The summed E-state index contributed by atoms with van der Waals surface area (Å²) in [4.78, 5) is 11.0. The minimum Gasteiger partial charge on any atom is -0.466 e. The van der Waals surface area contributed by atoms with Crippen LogP contribution >= 0.6 is 0 Å². The molecule has 0 aromatic heterocycles. The van der Waals surface area contributed by atoms with E-state index in [1.54, 1.807) is 0 Å². The van der Waals surface area contributed by atoms with Gasteiger partial charge in [0, 0.05) is 12.0 Å². The second kappa shape index (κ2) is 6.86. The molecule has 0 amide bonds. The van der Waals surface area contributed by atoms with Crippen LogP contribution in [0.5, 0.6) is 0 Å². The molecule has 0 aromatic rings. The lowest BCUT2D eigenvalue weighted by molar-refractivity contribution is -0.143. The molecule has 0 saturated heterocycles. The quantitative estimate of drug-likeness (QED) is 0.461. The van der Waals surface area contributed by atoms with Crippen LogP contribution in [0.1, 0.15) is 45.4 Å². The summed E-state index contributed by atoms with van der Waals surface area (Å²) in [6.45, 7) is 3.48. The predicted octanol–water partition coefficient (Wildman–Crippen LogP) is 1.22. The molecule has 1 aliphatic carbocycles. The molecule has 1 aliphatic rings. The van der Waals surface area contributed by atoms with E-state index in [4.69, 9.17) is 9.84 Å². The van der Waals surface area contributed by atoms with Gasteiger partial charge < -0.3 is 15.2 Å². The van der Waals surface area contributed by atoms with Crippen molar-refractivity contribution in [3.63, 3.8) is 0 Å². The summed E-state index contributed by atoms with van der Waals surface area (Å²) in [7, 11) is 0. The zero-order valence-electron chi connectivity index (χ0n) is 10.1. The van der Waals surface area contributed by atoms with Crippen LogP contribution in [-0.2, 0) is 9.53 Å². The third-order valence-electron chi connectivity index (χ3n) is 3.02. The Morgan fingerprint density at radius 1 is 1.38 bits per heavy atom. The van der Waals surface area contributed by atoms with Gasteiger partial charge in [-0.15, -0.1) is 0 Å². The first-order chi connectivity index (χ1) is 7.72. The Morgan fingerprint density at radius 3 is 2.69 bits per heavy atom. The standard InChI is InChI=1S/C12H23NO3/c1-2-16-11(15)6-4-3-5-9-13-12(10-14)7-8-12/h13-14H,2-10H2,1H3. The Labute approximate surface area is 97.4 Å². The maximum absolute atomic E-state index is 11.0. The topological polar surface area (TPSA) is 58.6 Å². The molecule has 0 aliphatic heterocycles. The summed E-state index contributed by atoms with van der Waals surface area (Å²) in [6, 6.07) is 0. The monoisotopic (exact) mass is 229 g/mol. The first kappa shape index (κ1) is 13.5. The van der Waals surface area contributed by atoms with Gasteiger partial charge in [0.1, 0.15) is 0 Å². The van der Waals surface area contributed by atoms with Gasteiger partial charge in [0.2, 0.25) is 0 Å². The zero-order chi connectivity index (χ0) is 11.9. The SMILES string of the molecule is CCOC(=O)CCCCCNC1(CO)CC1. The van der Waals surface area contributed by atoms with Gasteiger partial charge in [-0.05, 0) is 39.2 Å². The van der Waals surface area contributed by atoms with Crippen molar-refractivity contribution in [2.24, 2.45) is 0 Å². The van der Waals surface area contributed by atoms with Crippen LogP contribution in [0.3, 0.4) is 0 Å². The molecule has 94 valence electrons. The van der Waals surface area contributed by atoms with Crippen LogP contribution in [0.15, 0.2) is 0 Å². The number of ether oxygens (including phenoxy) is 1. The first-order valence-electron chi connectivity index (χ1n) is 6.24. The number of nitrogens with one attached hydrogen (secondary N) is 1. The third-order valence-corrected chi connectivity index (χ3v) is 3.02. The van der Waals surface area contributed by atoms with E-state index in [1.165, 1.54) is 0 Å². The van der Waals surface area contributed by atoms with E-state index in [0.29, 0.717) is 13.0 Å². The smallest absolute Gasteiger partial charge is 0.305 e. The Hall–Kier alpha value is -0.610. The van der Waals surface area contributed by atoms with E-state index in [2.05, 4.69) is 5.32 Å². The van der Waals surface area contributed by atoms with Crippen LogP contribution < -0.4 is 5.32 Å². The molecule has 0 atom stereocenters. The molecule has 0 spiro atoms. The van der Waals surface area contributed by atoms with Crippen LogP contribution in [0, 0.1) is 0 Å². The molecule has 1 saturated carbocycles. The second-order valence-corrected chi connectivity index (χ2v) is 4.48. The summed E-state index contributed by atoms with van der Waals surface area (Å²) in [5.74, 6) is -0.0931. The van der Waals surface area contributed by atoms with Crippen molar-refractivity contribution in [2.45, 2.75) is 51.0 Å². The highest BCUT2D eigenvalue weighted by molar-refractivity contribution is 5.69. The highest BCUT2D eigenvalue weighted by atomic mass is 16.5. The number of hydrogen-bond donors (Lipinski definition) is 2. The fraction of sp³-hybridized carbons (Fsp3) is 0.917. The number of carbonyl (C=O) groups excluding carboxylic acids is 1. The van der Waals surface area contributed by atoms with Crippen LogP contribution in [0.4, 0.5) is 0 Å². The van der Waals surface area contributed by atoms with Gasteiger partial charge in [-0.25, -0.2) is 0 Å². The molecule has 4 nitrogen and oxygen atoms in total. The van der Waals surface area contributed by atoms with Crippen molar-refractivity contribution in [3.8, 4) is 0 Å². The number of rotatable bonds is 9. The highest BCUT2D eigenvalue weighted by Gasteiger charge is 2.40. The minimum absolute atomic E-state index is 0.0428. The van der Waals surface area contributed by atoms with Crippen molar-refractivity contribution < 1.29 is 14.6 Å². The Balaban J connectivity index is 1.87. The number of hydrogen-bond acceptors (Lipinski definition) is 4. The largest absolute Gasteiger partial charge is 0.466 e. The number of carbonyl (C=O) groups is 1. The lowest BCUT2D eigenvalue weighted by Gasteiger charge is -2.13. The summed E-state index contributed by atoms with van der Waals surface area (Å²) in [5, 5.41) is 12.4. The maximum Gasteiger partial charge on any atom is 0.305 e. The Morgan fingerprint density at radius 2 is 2.12 bits per heavy atom. The normalized spacial score (nSPS) is 17.1. The second-order valence-electron chi connectivity index (χ2n) is 4.48. The van der Waals surface area contributed by atoms with E-state index in [0.717, 1.165) is 38.6 Å². The number of esters is 1. The molecule has 4 heteroatoms. The lowest BCUT2D eigenvalue weighted by atomic mass is 10.2. The molecule has 16 heavy (non-hydrogen) atoms. The maximum atomic E-state index is 11.0. The average Bonchev–Trinajstić information content (AvgIpc) is 3.04. The van der Waals surface area contributed by atoms with Gasteiger partial charge in [-0.1, -0.05) is 6.42 Å². The van der Waals surface area contributed by atoms with Crippen molar-refractivity contribution >= 4 is 5.97 Å². The van der Waals surface area contributed by atoms with E-state index >= 15 is 0 Å². The molecule has 0 unspecified atom stereocenters. The highest BCUT2D eigenvalue weighted by Crippen LogP contribution is 2.34. The molecular weight excluding hydrogens is 206 g/mol. The van der Waals surface area contributed by atoms with E-state index in [1.807, 2.05) is 6.92 Å². The van der Waals surface area contributed by atoms with Crippen LogP contribution in [0.25, 0.3) is 0 Å². The predicted molar refractivity (Wildman–Crippen MR) is 62.2 cm³/mol. The van der Waals surface area contributed by atoms with Gasteiger partial charge in [0.05, 0.1) is 13.2 Å². The van der Waals surface area contributed by atoms with Crippen molar-refractivity contribution in [2.75, 3.05) is 19.8 Å². The van der Waals surface area contributed by atoms with Gasteiger partial charge in [0.25, 0.3) is 0 Å². The van der Waals surface area contributed by atoms with E-state index in [-0.39, 0.29) is 18.1 Å². The first-order valence-corrected chi connectivity index (χ1v) is 6.24. The lowest BCUT2D eigenvalue weighted by Crippen LogP contribution is -2.35. The molecule has 0 bridgehead atoms. The third kappa shape index (κ3) is 4.94. The fourth-order valence-corrected chi connectivity index (χ4v) is 1.70. The molecular formula is C12H23NO3. The average molecular weight is 229 g/mol. The van der Waals surface area contributed by atoms with Crippen molar-refractivity contribution in [1.82, 2.24) is 5.32 Å². The van der Waals surface area contributed by atoms with E-state index < -0.39 is 0 Å². The number of aliphatic hydroxyl groups excluding tert-OH is 1. The molecule has 1 fully saturated rings. The van der Waals surface area contributed by atoms with Gasteiger partial charge >= 0.3 is 5.97 Å². The molecule has 0 aromatic carbocycles. The van der Waals surface area contributed by atoms with Gasteiger partial charge in [0.15, 0.2) is 0 Å².